The molecule has 0 aliphatic carbocycles. The van der Waals surface area contributed by atoms with Crippen molar-refractivity contribution < 1.29 is 9.84 Å². The maximum Gasteiger partial charge on any atom is 0.227 e. The van der Waals surface area contributed by atoms with Gasteiger partial charge in [0.2, 0.25) is 5.95 Å². The Balaban J connectivity index is 1.58. The van der Waals surface area contributed by atoms with Gasteiger partial charge in [-0.3, -0.25) is 0 Å². The third-order valence-corrected chi connectivity index (χ3v) is 4.35. The van der Waals surface area contributed by atoms with Crippen LogP contribution < -0.4 is 14.5 Å². The zero-order chi connectivity index (χ0) is 15.6. The van der Waals surface area contributed by atoms with Crippen molar-refractivity contribution in [1.82, 2.24) is 9.97 Å². The second-order valence-electron chi connectivity index (χ2n) is 5.98. The number of nitrogens with zero attached hydrogens (tertiary/aromatic N) is 4. The van der Waals surface area contributed by atoms with E-state index in [1.165, 1.54) is 0 Å². The van der Waals surface area contributed by atoms with Gasteiger partial charge < -0.3 is 19.6 Å². The fraction of sp³-hybridized carbons (Fsp3) is 0.412. The molecule has 3 heterocycles. The average Bonchev–Trinajstić information content (AvgIpc) is 2.90. The van der Waals surface area contributed by atoms with Crippen molar-refractivity contribution in [1.29, 1.82) is 0 Å². The highest BCUT2D eigenvalue weighted by atomic mass is 16.5. The van der Waals surface area contributed by atoms with Gasteiger partial charge in [-0.15, -0.1) is 0 Å². The number of ether oxygens (including phenoxy) is 1. The van der Waals surface area contributed by atoms with E-state index in [9.17, 15) is 5.11 Å². The summed E-state index contributed by atoms with van der Waals surface area (Å²) in [4.78, 5) is 13.4. The Kier molecular flexibility index (Phi) is 3.75. The van der Waals surface area contributed by atoms with Crippen LogP contribution in [0.2, 0.25) is 0 Å². The standard InChI is InChI=1S/C17H20N4O2/c22-14-6-8-20(12-14)16-5-7-18-17(19-16)21-9-10-23-15-4-2-1-3-13(15)11-21/h1-5,7,14,22H,6,8-12H2/t14-/m0/s1. The first-order valence-electron chi connectivity index (χ1n) is 8.01. The number of benzene rings is 1. The number of hydrogen-bond acceptors (Lipinski definition) is 6. The van der Waals surface area contributed by atoms with Gasteiger partial charge >= 0.3 is 0 Å². The summed E-state index contributed by atoms with van der Waals surface area (Å²) in [6.45, 7) is 3.59. The largest absolute Gasteiger partial charge is 0.491 e. The van der Waals surface area contributed by atoms with Crippen LogP contribution in [0, 0.1) is 0 Å². The third-order valence-electron chi connectivity index (χ3n) is 4.35. The number of aliphatic hydroxyl groups is 1. The van der Waals surface area contributed by atoms with Crippen molar-refractivity contribution in [2.75, 3.05) is 36.0 Å². The topological polar surface area (TPSA) is 61.7 Å². The highest BCUT2D eigenvalue weighted by Gasteiger charge is 2.23. The highest BCUT2D eigenvalue weighted by Crippen LogP contribution is 2.26. The molecular weight excluding hydrogens is 292 g/mol. The summed E-state index contributed by atoms with van der Waals surface area (Å²) < 4.78 is 5.80. The van der Waals surface area contributed by atoms with Crippen molar-refractivity contribution in [2.24, 2.45) is 0 Å². The first-order chi connectivity index (χ1) is 11.3. The molecule has 0 saturated carbocycles. The van der Waals surface area contributed by atoms with Gasteiger partial charge in [-0.05, 0) is 18.6 Å². The highest BCUT2D eigenvalue weighted by molar-refractivity contribution is 5.46. The number of fused-ring (bicyclic) bond motifs is 1. The van der Waals surface area contributed by atoms with Crippen LogP contribution in [0.3, 0.4) is 0 Å². The first kappa shape index (κ1) is 14.3. The lowest BCUT2D eigenvalue weighted by Crippen LogP contribution is -2.28. The van der Waals surface area contributed by atoms with Gasteiger partial charge in [0.15, 0.2) is 0 Å². The molecule has 0 unspecified atom stereocenters. The Morgan fingerprint density at radius 3 is 2.91 bits per heavy atom. The fourth-order valence-electron chi connectivity index (χ4n) is 3.11. The number of hydrogen-bond donors (Lipinski definition) is 1. The van der Waals surface area contributed by atoms with E-state index in [0.29, 0.717) is 19.1 Å². The maximum absolute atomic E-state index is 9.71. The van der Waals surface area contributed by atoms with Gasteiger partial charge in [0.05, 0.1) is 12.6 Å². The minimum atomic E-state index is -0.258. The second kappa shape index (κ2) is 6.04. The van der Waals surface area contributed by atoms with Crippen LogP contribution in [-0.4, -0.2) is 47.4 Å². The Morgan fingerprint density at radius 2 is 2.04 bits per heavy atom. The van der Waals surface area contributed by atoms with Gasteiger partial charge in [0.25, 0.3) is 0 Å². The molecule has 1 saturated heterocycles. The van der Waals surface area contributed by atoms with Crippen molar-refractivity contribution in [3.63, 3.8) is 0 Å². The quantitative estimate of drug-likeness (QED) is 0.905. The van der Waals surface area contributed by atoms with Gasteiger partial charge in [-0.1, -0.05) is 18.2 Å². The lowest BCUT2D eigenvalue weighted by atomic mass is 10.2. The lowest BCUT2D eigenvalue weighted by molar-refractivity contribution is 0.198. The van der Waals surface area contributed by atoms with Crippen LogP contribution in [0.1, 0.15) is 12.0 Å². The third kappa shape index (κ3) is 2.94. The molecule has 1 fully saturated rings. The Morgan fingerprint density at radius 1 is 1.13 bits per heavy atom. The van der Waals surface area contributed by atoms with Crippen molar-refractivity contribution in [2.45, 2.75) is 19.1 Å². The molecule has 0 amide bonds. The minimum absolute atomic E-state index is 0.258. The molecule has 0 spiro atoms. The average molecular weight is 312 g/mol. The van der Waals surface area contributed by atoms with Crippen LogP contribution >= 0.6 is 0 Å². The predicted molar refractivity (Wildman–Crippen MR) is 87.9 cm³/mol. The van der Waals surface area contributed by atoms with Crippen LogP contribution in [0.5, 0.6) is 5.75 Å². The first-order valence-corrected chi connectivity index (χ1v) is 8.01. The molecule has 2 aliphatic rings. The summed E-state index contributed by atoms with van der Waals surface area (Å²) in [5.41, 5.74) is 1.15. The van der Waals surface area contributed by atoms with Crippen LogP contribution in [0.15, 0.2) is 36.5 Å². The molecule has 1 atom stereocenters. The predicted octanol–water partition coefficient (Wildman–Crippen LogP) is 1.45. The molecule has 4 rings (SSSR count). The van der Waals surface area contributed by atoms with E-state index < -0.39 is 0 Å². The molecule has 1 N–H and O–H groups in total. The lowest BCUT2D eigenvalue weighted by Gasteiger charge is -2.22. The molecule has 120 valence electrons. The molecule has 2 aliphatic heterocycles. The van der Waals surface area contributed by atoms with Gasteiger partial charge in [0, 0.05) is 31.4 Å². The van der Waals surface area contributed by atoms with Gasteiger partial charge in [-0.25, -0.2) is 4.98 Å². The zero-order valence-corrected chi connectivity index (χ0v) is 12.9. The van der Waals surface area contributed by atoms with Gasteiger partial charge in [0.1, 0.15) is 18.2 Å². The van der Waals surface area contributed by atoms with E-state index in [2.05, 4.69) is 20.9 Å². The number of aliphatic hydroxyl groups excluding tert-OH is 1. The number of β-amino-alcohol motifs (C(OH)–C–C–N with tert-alkyl or cyclic N) is 1. The summed E-state index contributed by atoms with van der Waals surface area (Å²) in [6, 6.07) is 10.00. The Bertz CT molecular complexity index is 694. The molecule has 0 radical (unpaired) electrons. The van der Waals surface area contributed by atoms with E-state index in [-0.39, 0.29) is 6.10 Å². The van der Waals surface area contributed by atoms with Crippen molar-refractivity contribution in [3.8, 4) is 5.75 Å². The van der Waals surface area contributed by atoms with E-state index >= 15 is 0 Å². The molecule has 2 aromatic rings. The fourth-order valence-corrected chi connectivity index (χ4v) is 3.11. The molecule has 23 heavy (non-hydrogen) atoms. The van der Waals surface area contributed by atoms with Gasteiger partial charge in [-0.2, -0.15) is 4.98 Å². The maximum atomic E-state index is 9.71. The zero-order valence-electron chi connectivity index (χ0n) is 12.9. The molecule has 0 bridgehead atoms. The minimum Gasteiger partial charge on any atom is -0.491 e. The monoisotopic (exact) mass is 312 g/mol. The molecule has 1 aromatic heterocycles. The molecule has 6 heteroatoms. The van der Waals surface area contributed by atoms with E-state index in [1.807, 2.05) is 24.3 Å². The normalized spacial score (nSPS) is 20.8. The SMILES string of the molecule is O[C@H]1CCN(c2ccnc(N3CCOc4ccccc4C3)n2)C1. The summed E-state index contributed by atoms with van der Waals surface area (Å²) in [5.74, 6) is 2.53. The Hall–Kier alpha value is -2.34. The van der Waals surface area contributed by atoms with E-state index in [0.717, 1.165) is 43.2 Å². The van der Waals surface area contributed by atoms with Crippen LogP contribution in [-0.2, 0) is 6.54 Å². The molecular formula is C17H20N4O2. The van der Waals surface area contributed by atoms with Crippen molar-refractivity contribution in [3.05, 3.63) is 42.1 Å². The summed E-state index contributed by atoms with van der Waals surface area (Å²) in [7, 11) is 0. The number of aromatic nitrogens is 2. The number of para-hydroxylation sites is 1. The summed E-state index contributed by atoms with van der Waals surface area (Å²) in [6.07, 6.45) is 2.33. The van der Waals surface area contributed by atoms with Crippen LogP contribution in [0.4, 0.5) is 11.8 Å². The molecule has 1 aromatic carbocycles. The number of rotatable bonds is 2. The number of anilines is 2. The smallest absolute Gasteiger partial charge is 0.227 e. The summed E-state index contributed by atoms with van der Waals surface area (Å²) >= 11 is 0. The van der Waals surface area contributed by atoms with E-state index in [4.69, 9.17) is 9.72 Å². The second-order valence-corrected chi connectivity index (χ2v) is 5.98. The molecule has 6 nitrogen and oxygen atoms in total. The van der Waals surface area contributed by atoms with E-state index in [1.54, 1.807) is 6.20 Å². The summed E-state index contributed by atoms with van der Waals surface area (Å²) in [5, 5.41) is 9.71. The van der Waals surface area contributed by atoms with Crippen molar-refractivity contribution >= 4 is 11.8 Å². The Labute approximate surface area is 135 Å². The van der Waals surface area contributed by atoms with Crippen LogP contribution in [0.25, 0.3) is 0 Å².